The van der Waals surface area contributed by atoms with Crippen LogP contribution >= 0.6 is 0 Å². The summed E-state index contributed by atoms with van der Waals surface area (Å²) in [6.45, 7) is 5.36. The van der Waals surface area contributed by atoms with Crippen LogP contribution in [0.15, 0.2) is 0 Å². The number of nitrogens with zero attached hydrogens (tertiary/aromatic N) is 1. The van der Waals surface area contributed by atoms with Crippen molar-refractivity contribution in [2.45, 2.75) is 32.1 Å². The van der Waals surface area contributed by atoms with Gasteiger partial charge in [-0.3, -0.25) is 9.69 Å². The smallest absolute Gasteiger partial charge is 0.234 e. The molecular weight excluding hydrogens is 216 g/mol. The van der Waals surface area contributed by atoms with Crippen LogP contribution in [0.25, 0.3) is 0 Å². The SMILES string of the molecule is O=C(CN1CCCC1)NCC[C@H]1CCCOC1. The first-order valence-corrected chi connectivity index (χ1v) is 6.91. The van der Waals surface area contributed by atoms with Gasteiger partial charge in [-0.05, 0) is 51.1 Å². The molecular formula is C13H24N2O2. The van der Waals surface area contributed by atoms with Crippen LogP contribution in [0.2, 0.25) is 0 Å². The average molecular weight is 240 g/mol. The van der Waals surface area contributed by atoms with Gasteiger partial charge in [-0.15, -0.1) is 0 Å². The predicted octanol–water partition coefficient (Wildman–Crippen LogP) is 1.02. The number of rotatable bonds is 5. The Bertz CT molecular complexity index is 234. The lowest BCUT2D eigenvalue weighted by Crippen LogP contribution is -2.36. The van der Waals surface area contributed by atoms with E-state index in [1.165, 1.54) is 25.7 Å². The summed E-state index contributed by atoms with van der Waals surface area (Å²) >= 11 is 0. The molecule has 0 unspecified atom stereocenters. The average Bonchev–Trinajstić information content (AvgIpc) is 2.83. The van der Waals surface area contributed by atoms with Crippen LogP contribution in [0.5, 0.6) is 0 Å². The molecule has 4 nitrogen and oxygen atoms in total. The zero-order valence-electron chi connectivity index (χ0n) is 10.6. The fraction of sp³-hybridized carbons (Fsp3) is 0.923. The summed E-state index contributed by atoms with van der Waals surface area (Å²) in [5.41, 5.74) is 0. The lowest BCUT2D eigenvalue weighted by atomic mass is 9.99. The Hall–Kier alpha value is -0.610. The Balaban J connectivity index is 1.53. The summed E-state index contributed by atoms with van der Waals surface area (Å²) < 4.78 is 5.43. The molecule has 0 aromatic rings. The van der Waals surface area contributed by atoms with E-state index in [9.17, 15) is 4.79 Å². The van der Waals surface area contributed by atoms with Crippen molar-refractivity contribution in [1.29, 1.82) is 0 Å². The molecule has 0 radical (unpaired) electrons. The van der Waals surface area contributed by atoms with Crippen molar-refractivity contribution in [3.63, 3.8) is 0 Å². The van der Waals surface area contributed by atoms with Gasteiger partial charge in [0.15, 0.2) is 0 Å². The number of nitrogens with one attached hydrogen (secondary N) is 1. The van der Waals surface area contributed by atoms with Crippen LogP contribution < -0.4 is 5.32 Å². The molecule has 0 aromatic heterocycles. The Labute approximate surface area is 104 Å². The van der Waals surface area contributed by atoms with Crippen molar-refractivity contribution in [2.24, 2.45) is 5.92 Å². The van der Waals surface area contributed by atoms with E-state index in [0.29, 0.717) is 12.5 Å². The summed E-state index contributed by atoms with van der Waals surface area (Å²) in [5.74, 6) is 0.833. The van der Waals surface area contributed by atoms with E-state index < -0.39 is 0 Å². The molecule has 0 aromatic carbocycles. The molecule has 2 saturated heterocycles. The molecule has 1 amide bonds. The van der Waals surface area contributed by atoms with E-state index in [-0.39, 0.29) is 5.91 Å². The highest BCUT2D eigenvalue weighted by molar-refractivity contribution is 5.77. The van der Waals surface area contributed by atoms with Gasteiger partial charge in [0.2, 0.25) is 5.91 Å². The first kappa shape index (κ1) is 12.8. The topological polar surface area (TPSA) is 41.6 Å². The first-order valence-electron chi connectivity index (χ1n) is 6.91. The van der Waals surface area contributed by atoms with Crippen molar-refractivity contribution in [3.05, 3.63) is 0 Å². The summed E-state index contributed by atoms with van der Waals surface area (Å²) in [6.07, 6.45) is 5.97. The maximum absolute atomic E-state index is 11.7. The quantitative estimate of drug-likeness (QED) is 0.780. The van der Waals surface area contributed by atoms with Crippen LogP contribution in [0, 0.1) is 5.92 Å². The zero-order chi connectivity index (χ0) is 11.9. The fourth-order valence-corrected chi connectivity index (χ4v) is 2.65. The molecule has 2 fully saturated rings. The molecule has 0 spiro atoms. The molecule has 2 aliphatic heterocycles. The van der Waals surface area contributed by atoms with Crippen molar-refractivity contribution in [3.8, 4) is 0 Å². The minimum absolute atomic E-state index is 0.184. The van der Waals surface area contributed by atoms with Crippen LogP contribution in [-0.2, 0) is 9.53 Å². The van der Waals surface area contributed by atoms with Crippen molar-refractivity contribution in [2.75, 3.05) is 39.4 Å². The number of amides is 1. The van der Waals surface area contributed by atoms with Gasteiger partial charge in [0.25, 0.3) is 0 Å². The Morgan fingerprint density at radius 1 is 1.29 bits per heavy atom. The maximum Gasteiger partial charge on any atom is 0.234 e. The normalized spacial score (nSPS) is 26.0. The first-order chi connectivity index (χ1) is 8.34. The van der Waals surface area contributed by atoms with E-state index in [1.807, 2.05) is 0 Å². The number of ether oxygens (including phenoxy) is 1. The van der Waals surface area contributed by atoms with Crippen LogP contribution in [0.3, 0.4) is 0 Å². The third-order valence-electron chi connectivity index (χ3n) is 3.70. The van der Waals surface area contributed by atoms with E-state index >= 15 is 0 Å². The fourth-order valence-electron chi connectivity index (χ4n) is 2.65. The number of carbonyl (C=O) groups is 1. The van der Waals surface area contributed by atoms with Crippen LogP contribution in [0.4, 0.5) is 0 Å². The molecule has 2 aliphatic rings. The molecule has 4 heteroatoms. The highest BCUT2D eigenvalue weighted by atomic mass is 16.5. The molecule has 0 saturated carbocycles. The molecule has 1 atom stereocenters. The van der Waals surface area contributed by atoms with E-state index in [1.54, 1.807) is 0 Å². The highest BCUT2D eigenvalue weighted by Crippen LogP contribution is 2.16. The number of carbonyl (C=O) groups excluding carboxylic acids is 1. The lowest BCUT2D eigenvalue weighted by Gasteiger charge is -2.22. The standard InChI is InChI=1S/C13H24N2O2/c16-13(10-15-7-1-2-8-15)14-6-5-12-4-3-9-17-11-12/h12H,1-11H2,(H,14,16)/t12-/m1/s1. The van der Waals surface area contributed by atoms with Gasteiger partial charge in [-0.1, -0.05) is 0 Å². The largest absolute Gasteiger partial charge is 0.381 e. The minimum atomic E-state index is 0.184. The van der Waals surface area contributed by atoms with E-state index in [4.69, 9.17) is 4.74 Å². The predicted molar refractivity (Wildman–Crippen MR) is 66.8 cm³/mol. The summed E-state index contributed by atoms with van der Waals surface area (Å²) in [5, 5.41) is 3.02. The van der Waals surface area contributed by atoms with Crippen LogP contribution in [-0.4, -0.2) is 50.2 Å². The summed E-state index contributed by atoms with van der Waals surface area (Å²) in [7, 11) is 0. The Morgan fingerprint density at radius 2 is 2.12 bits per heavy atom. The molecule has 2 rings (SSSR count). The molecule has 98 valence electrons. The minimum Gasteiger partial charge on any atom is -0.381 e. The summed E-state index contributed by atoms with van der Waals surface area (Å²) in [6, 6.07) is 0. The molecule has 17 heavy (non-hydrogen) atoms. The number of likely N-dealkylation sites (tertiary alicyclic amines) is 1. The van der Waals surface area contributed by atoms with Gasteiger partial charge < -0.3 is 10.1 Å². The van der Waals surface area contributed by atoms with E-state index in [2.05, 4.69) is 10.2 Å². The molecule has 1 N–H and O–H groups in total. The molecule has 2 heterocycles. The third-order valence-corrected chi connectivity index (χ3v) is 3.70. The zero-order valence-corrected chi connectivity index (χ0v) is 10.6. The van der Waals surface area contributed by atoms with Crippen molar-refractivity contribution in [1.82, 2.24) is 10.2 Å². The van der Waals surface area contributed by atoms with Crippen molar-refractivity contribution >= 4 is 5.91 Å². The number of hydrogen-bond donors (Lipinski definition) is 1. The summed E-state index contributed by atoms with van der Waals surface area (Å²) in [4.78, 5) is 13.9. The second kappa shape index (κ2) is 6.97. The monoisotopic (exact) mass is 240 g/mol. The number of hydrogen-bond acceptors (Lipinski definition) is 3. The highest BCUT2D eigenvalue weighted by Gasteiger charge is 2.16. The van der Waals surface area contributed by atoms with Gasteiger partial charge in [-0.2, -0.15) is 0 Å². The van der Waals surface area contributed by atoms with Gasteiger partial charge >= 0.3 is 0 Å². The Morgan fingerprint density at radius 3 is 2.82 bits per heavy atom. The Kier molecular flexibility index (Phi) is 5.26. The second-order valence-corrected chi connectivity index (χ2v) is 5.21. The van der Waals surface area contributed by atoms with Gasteiger partial charge in [-0.25, -0.2) is 0 Å². The van der Waals surface area contributed by atoms with Crippen LogP contribution in [0.1, 0.15) is 32.1 Å². The maximum atomic E-state index is 11.7. The van der Waals surface area contributed by atoms with Crippen molar-refractivity contribution < 1.29 is 9.53 Å². The van der Waals surface area contributed by atoms with Gasteiger partial charge in [0.05, 0.1) is 6.54 Å². The van der Waals surface area contributed by atoms with E-state index in [0.717, 1.165) is 39.3 Å². The second-order valence-electron chi connectivity index (χ2n) is 5.21. The molecule has 0 bridgehead atoms. The third kappa shape index (κ3) is 4.64. The van der Waals surface area contributed by atoms with Gasteiger partial charge in [0, 0.05) is 19.8 Å². The van der Waals surface area contributed by atoms with Gasteiger partial charge in [0.1, 0.15) is 0 Å². The molecule has 0 aliphatic carbocycles. The lowest BCUT2D eigenvalue weighted by molar-refractivity contribution is -0.122.